The van der Waals surface area contributed by atoms with Crippen LogP contribution in [0.25, 0.3) is 0 Å². The van der Waals surface area contributed by atoms with Crippen LogP contribution in [0.4, 0.5) is 0 Å². The summed E-state index contributed by atoms with van der Waals surface area (Å²) < 4.78 is 0.704. The van der Waals surface area contributed by atoms with Crippen LogP contribution in [0.5, 0.6) is 0 Å². The molecular weight excluding hydrogens is 246 g/mol. The van der Waals surface area contributed by atoms with E-state index in [4.69, 9.17) is 0 Å². The number of nitrogens with zero attached hydrogens (tertiary/aromatic N) is 1. The van der Waals surface area contributed by atoms with Crippen molar-refractivity contribution in [1.82, 2.24) is 5.06 Å². The van der Waals surface area contributed by atoms with Crippen LogP contribution in [-0.2, 0) is 0 Å². The number of benzene rings is 1. The van der Waals surface area contributed by atoms with Crippen LogP contribution >= 0.6 is 15.9 Å². The molecule has 0 spiro atoms. The fourth-order valence-electron chi connectivity index (χ4n) is 1.18. The van der Waals surface area contributed by atoms with E-state index in [1.807, 2.05) is 19.1 Å². The molecule has 1 aromatic rings. The minimum atomic E-state index is -0.377. The Labute approximate surface area is 91.4 Å². The molecule has 0 atom stereocenters. The Morgan fingerprint density at radius 3 is 2.71 bits per heavy atom. The summed E-state index contributed by atoms with van der Waals surface area (Å²) in [7, 11) is 0. The highest BCUT2D eigenvalue weighted by Gasteiger charge is 2.16. The predicted molar refractivity (Wildman–Crippen MR) is 57.4 cm³/mol. The Balaban J connectivity index is 3.12. The molecule has 0 heterocycles. The summed E-state index contributed by atoms with van der Waals surface area (Å²) in [5.74, 6) is -0.377. The number of halogens is 1. The number of rotatable bonds is 2. The van der Waals surface area contributed by atoms with Crippen molar-refractivity contribution in [3.63, 3.8) is 0 Å². The van der Waals surface area contributed by atoms with E-state index >= 15 is 0 Å². The highest BCUT2D eigenvalue weighted by molar-refractivity contribution is 9.10. The van der Waals surface area contributed by atoms with E-state index in [1.165, 1.54) is 0 Å². The molecule has 14 heavy (non-hydrogen) atoms. The predicted octanol–water partition coefficient (Wildman–Crippen LogP) is 2.61. The van der Waals surface area contributed by atoms with Crippen LogP contribution in [0.15, 0.2) is 22.7 Å². The normalized spacial score (nSPS) is 10.0. The molecule has 0 bridgehead atoms. The van der Waals surface area contributed by atoms with E-state index in [9.17, 15) is 10.0 Å². The lowest BCUT2D eigenvalue weighted by molar-refractivity contribution is -0.0542. The molecule has 0 fully saturated rings. The maximum Gasteiger partial charge on any atom is 0.278 e. The van der Waals surface area contributed by atoms with Crippen molar-refractivity contribution in [3.8, 4) is 0 Å². The summed E-state index contributed by atoms with van der Waals surface area (Å²) in [6, 6.07) is 5.47. The molecule has 0 unspecified atom stereocenters. The van der Waals surface area contributed by atoms with E-state index in [1.54, 1.807) is 13.0 Å². The van der Waals surface area contributed by atoms with Crippen molar-refractivity contribution in [2.75, 3.05) is 6.54 Å². The third kappa shape index (κ3) is 2.13. The maximum atomic E-state index is 11.7. The number of carbonyl (C=O) groups is 1. The van der Waals surface area contributed by atoms with E-state index in [0.29, 0.717) is 15.1 Å². The smallest absolute Gasteiger partial charge is 0.278 e. The van der Waals surface area contributed by atoms with Crippen LogP contribution in [0, 0.1) is 6.92 Å². The minimum Gasteiger partial charge on any atom is -0.286 e. The van der Waals surface area contributed by atoms with E-state index in [2.05, 4.69) is 15.9 Å². The molecule has 1 N–H and O–H groups in total. The molecule has 0 aliphatic rings. The summed E-state index contributed by atoms with van der Waals surface area (Å²) in [6.45, 7) is 3.82. The topological polar surface area (TPSA) is 40.5 Å². The standard InChI is InChI=1S/C10H12BrNO2/c1-3-12(14)10(13)9-7(2)5-4-6-8(9)11/h4-6,14H,3H2,1-2H3. The Hall–Kier alpha value is -0.870. The molecule has 0 aliphatic carbocycles. The molecule has 1 amide bonds. The van der Waals surface area contributed by atoms with E-state index in [-0.39, 0.29) is 12.5 Å². The first-order valence-corrected chi connectivity index (χ1v) is 5.13. The summed E-state index contributed by atoms with van der Waals surface area (Å²) >= 11 is 3.29. The van der Waals surface area contributed by atoms with Gasteiger partial charge in [-0.2, -0.15) is 0 Å². The molecular formula is C10H12BrNO2. The minimum absolute atomic E-state index is 0.277. The SMILES string of the molecule is CCN(O)C(=O)c1c(C)cccc1Br. The largest absolute Gasteiger partial charge is 0.286 e. The number of hydrogen-bond donors (Lipinski definition) is 1. The quantitative estimate of drug-likeness (QED) is 0.654. The molecule has 3 nitrogen and oxygen atoms in total. The lowest BCUT2D eigenvalue weighted by Gasteiger charge is -2.14. The van der Waals surface area contributed by atoms with Crippen molar-refractivity contribution in [3.05, 3.63) is 33.8 Å². The molecule has 0 radical (unpaired) electrons. The zero-order valence-electron chi connectivity index (χ0n) is 8.12. The summed E-state index contributed by atoms with van der Waals surface area (Å²) in [4.78, 5) is 11.7. The van der Waals surface area contributed by atoms with Crippen molar-refractivity contribution in [1.29, 1.82) is 0 Å². The van der Waals surface area contributed by atoms with Crippen LogP contribution in [0.1, 0.15) is 22.8 Å². The Morgan fingerprint density at radius 2 is 2.21 bits per heavy atom. The van der Waals surface area contributed by atoms with Gasteiger partial charge in [-0.3, -0.25) is 10.0 Å². The van der Waals surface area contributed by atoms with Gasteiger partial charge in [-0.1, -0.05) is 12.1 Å². The molecule has 76 valence electrons. The van der Waals surface area contributed by atoms with Crippen molar-refractivity contribution < 1.29 is 10.0 Å². The summed E-state index contributed by atoms with van der Waals surface area (Å²) in [5, 5.41) is 9.99. The fourth-order valence-corrected chi connectivity index (χ4v) is 1.81. The Kier molecular flexibility index (Phi) is 3.66. The van der Waals surface area contributed by atoms with Gasteiger partial charge >= 0.3 is 0 Å². The van der Waals surface area contributed by atoms with Crippen LogP contribution in [-0.4, -0.2) is 22.7 Å². The zero-order chi connectivity index (χ0) is 10.7. The number of hydroxylamine groups is 2. The van der Waals surface area contributed by atoms with E-state index < -0.39 is 0 Å². The van der Waals surface area contributed by atoms with E-state index in [0.717, 1.165) is 5.56 Å². The van der Waals surface area contributed by atoms with Gasteiger partial charge in [0.1, 0.15) is 0 Å². The summed E-state index contributed by atoms with van der Waals surface area (Å²) in [5.41, 5.74) is 1.36. The van der Waals surface area contributed by atoms with Gasteiger partial charge in [0.15, 0.2) is 0 Å². The molecule has 1 aromatic carbocycles. The van der Waals surface area contributed by atoms with Crippen LogP contribution < -0.4 is 0 Å². The van der Waals surface area contributed by atoms with Crippen molar-refractivity contribution >= 4 is 21.8 Å². The zero-order valence-corrected chi connectivity index (χ0v) is 9.71. The third-order valence-electron chi connectivity index (χ3n) is 1.97. The monoisotopic (exact) mass is 257 g/mol. The first-order valence-electron chi connectivity index (χ1n) is 4.33. The van der Waals surface area contributed by atoms with Crippen LogP contribution in [0.3, 0.4) is 0 Å². The molecule has 0 saturated heterocycles. The second kappa shape index (κ2) is 4.57. The van der Waals surface area contributed by atoms with Gasteiger partial charge in [-0.15, -0.1) is 0 Å². The van der Waals surface area contributed by atoms with Gasteiger partial charge < -0.3 is 0 Å². The van der Waals surface area contributed by atoms with Gasteiger partial charge in [0, 0.05) is 11.0 Å². The fraction of sp³-hybridized carbons (Fsp3) is 0.300. The maximum absolute atomic E-state index is 11.7. The second-order valence-electron chi connectivity index (χ2n) is 2.95. The first-order chi connectivity index (χ1) is 6.57. The van der Waals surface area contributed by atoms with Gasteiger partial charge in [-0.05, 0) is 41.4 Å². The van der Waals surface area contributed by atoms with Crippen molar-refractivity contribution in [2.45, 2.75) is 13.8 Å². The van der Waals surface area contributed by atoms with Gasteiger partial charge in [0.25, 0.3) is 5.91 Å². The number of amides is 1. The number of aryl methyl sites for hydroxylation is 1. The number of hydrogen-bond acceptors (Lipinski definition) is 2. The third-order valence-corrected chi connectivity index (χ3v) is 2.63. The van der Waals surface area contributed by atoms with Crippen molar-refractivity contribution in [2.24, 2.45) is 0 Å². The first kappa shape index (κ1) is 11.2. The Bertz CT molecular complexity index is 332. The molecule has 1 rings (SSSR count). The highest BCUT2D eigenvalue weighted by atomic mass is 79.9. The highest BCUT2D eigenvalue weighted by Crippen LogP contribution is 2.21. The van der Waals surface area contributed by atoms with Crippen LogP contribution in [0.2, 0.25) is 0 Å². The lowest BCUT2D eigenvalue weighted by atomic mass is 10.1. The van der Waals surface area contributed by atoms with Gasteiger partial charge in [0.2, 0.25) is 0 Å². The lowest BCUT2D eigenvalue weighted by Crippen LogP contribution is -2.27. The number of carbonyl (C=O) groups excluding carboxylic acids is 1. The molecule has 0 aromatic heterocycles. The Morgan fingerprint density at radius 1 is 1.57 bits per heavy atom. The summed E-state index contributed by atoms with van der Waals surface area (Å²) in [6.07, 6.45) is 0. The van der Waals surface area contributed by atoms with Gasteiger partial charge in [-0.25, -0.2) is 5.06 Å². The molecule has 4 heteroatoms. The second-order valence-corrected chi connectivity index (χ2v) is 3.81. The molecule has 0 saturated carbocycles. The average molecular weight is 258 g/mol. The van der Waals surface area contributed by atoms with Gasteiger partial charge in [0.05, 0.1) is 5.56 Å². The average Bonchev–Trinajstić information content (AvgIpc) is 2.16. The molecule has 0 aliphatic heterocycles.